The van der Waals surface area contributed by atoms with Gasteiger partial charge in [-0.3, -0.25) is 4.79 Å². The third kappa shape index (κ3) is 5.13. The molecule has 6 nitrogen and oxygen atoms in total. The second-order valence-corrected chi connectivity index (χ2v) is 10.5. The van der Waals surface area contributed by atoms with Gasteiger partial charge < -0.3 is 10.2 Å². The zero-order valence-corrected chi connectivity index (χ0v) is 20.1. The van der Waals surface area contributed by atoms with E-state index in [0.717, 1.165) is 34.5 Å². The summed E-state index contributed by atoms with van der Waals surface area (Å²) in [5.74, 6) is -0.838. The summed E-state index contributed by atoms with van der Waals surface area (Å²) in [6.45, 7) is 0.555. The van der Waals surface area contributed by atoms with Crippen LogP contribution in [0, 0.1) is 5.82 Å². The van der Waals surface area contributed by atoms with E-state index in [4.69, 9.17) is 0 Å². The van der Waals surface area contributed by atoms with Gasteiger partial charge in [-0.2, -0.15) is 4.31 Å². The van der Waals surface area contributed by atoms with Crippen molar-refractivity contribution >= 4 is 21.6 Å². The van der Waals surface area contributed by atoms with E-state index in [1.807, 2.05) is 43.3 Å². The van der Waals surface area contributed by atoms with Gasteiger partial charge in [-0.15, -0.1) is 0 Å². The zero-order chi connectivity index (χ0) is 24.3. The summed E-state index contributed by atoms with van der Waals surface area (Å²) < 4.78 is 40.5. The minimum atomic E-state index is -3.88. The summed E-state index contributed by atoms with van der Waals surface area (Å²) in [5.41, 5.74) is 4.15. The molecule has 4 rings (SSSR count). The lowest BCUT2D eigenvalue weighted by molar-refractivity contribution is -0.124. The molecule has 1 atom stereocenters. The molecular weight excluding hydrogens is 453 g/mol. The van der Waals surface area contributed by atoms with Crippen LogP contribution in [0.4, 0.5) is 10.1 Å². The maximum atomic E-state index is 13.2. The average molecular weight is 482 g/mol. The van der Waals surface area contributed by atoms with Crippen LogP contribution in [0.2, 0.25) is 0 Å². The number of nitrogens with zero attached hydrogens (tertiary/aromatic N) is 2. The third-order valence-electron chi connectivity index (χ3n) is 6.04. The Morgan fingerprint density at radius 3 is 2.41 bits per heavy atom. The molecule has 0 bridgehead atoms. The molecule has 0 spiro atoms. The first-order valence-corrected chi connectivity index (χ1v) is 12.6. The van der Waals surface area contributed by atoms with Crippen LogP contribution in [0.5, 0.6) is 0 Å². The first-order valence-electron chi connectivity index (χ1n) is 11.2. The van der Waals surface area contributed by atoms with Gasteiger partial charge in [-0.1, -0.05) is 30.3 Å². The highest BCUT2D eigenvalue weighted by molar-refractivity contribution is 7.89. The van der Waals surface area contributed by atoms with Crippen molar-refractivity contribution in [1.29, 1.82) is 0 Å². The highest BCUT2D eigenvalue weighted by atomic mass is 32.2. The van der Waals surface area contributed by atoms with E-state index in [1.54, 1.807) is 0 Å². The second-order valence-electron chi connectivity index (χ2n) is 8.59. The molecule has 0 aromatic heterocycles. The molecule has 3 aromatic rings. The summed E-state index contributed by atoms with van der Waals surface area (Å²) in [7, 11) is 0.107. The topological polar surface area (TPSA) is 69.7 Å². The standard InChI is InChI=1S/C26H28FN3O3S/c1-29(2)23-12-8-20(9-13-23)21-6-3-5-19(17-21)18-28-26(31)25-7-4-16-30(25)34(32,33)24-14-10-22(27)11-15-24/h3,5-6,8-15,17,25H,4,7,16,18H2,1-2H3,(H,28,31). The quantitative estimate of drug-likeness (QED) is 0.553. The van der Waals surface area contributed by atoms with Crippen LogP contribution in [0.25, 0.3) is 11.1 Å². The Labute approximate surface area is 200 Å². The summed E-state index contributed by atoms with van der Waals surface area (Å²) in [5, 5.41) is 2.89. The molecule has 1 aliphatic heterocycles. The average Bonchev–Trinajstić information content (AvgIpc) is 3.34. The fourth-order valence-electron chi connectivity index (χ4n) is 4.15. The monoisotopic (exact) mass is 481 g/mol. The van der Waals surface area contributed by atoms with Crippen LogP contribution in [0.3, 0.4) is 0 Å². The van der Waals surface area contributed by atoms with Gasteiger partial charge >= 0.3 is 0 Å². The molecule has 3 aromatic carbocycles. The Hall–Kier alpha value is -3.23. The summed E-state index contributed by atoms with van der Waals surface area (Å²) >= 11 is 0. The van der Waals surface area contributed by atoms with E-state index < -0.39 is 21.9 Å². The van der Waals surface area contributed by atoms with Crippen LogP contribution in [-0.2, 0) is 21.4 Å². The third-order valence-corrected chi connectivity index (χ3v) is 7.96. The number of nitrogens with one attached hydrogen (secondary N) is 1. The Bertz CT molecular complexity index is 1260. The van der Waals surface area contributed by atoms with Gasteiger partial charge in [-0.25, -0.2) is 12.8 Å². The largest absolute Gasteiger partial charge is 0.378 e. The van der Waals surface area contributed by atoms with E-state index in [-0.39, 0.29) is 17.3 Å². The maximum absolute atomic E-state index is 13.2. The Kier molecular flexibility index (Phi) is 7.00. The van der Waals surface area contributed by atoms with Crippen LogP contribution in [0.1, 0.15) is 18.4 Å². The van der Waals surface area contributed by atoms with Crippen LogP contribution in [0.15, 0.2) is 77.7 Å². The van der Waals surface area contributed by atoms with Crippen molar-refractivity contribution in [3.05, 3.63) is 84.2 Å². The molecule has 34 heavy (non-hydrogen) atoms. The van der Waals surface area contributed by atoms with Crippen molar-refractivity contribution in [2.45, 2.75) is 30.3 Å². The van der Waals surface area contributed by atoms with Gasteiger partial charge in [0.05, 0.1) is 4.90 Å². The molecule has 1 aliphatic rings. The number of carbonyl (C=O) groups is 1. The molecule has 178 valence electrons. The van der Waals surface area contributed by atoms with Crippen LogP contribution < -0.4 is 10.2 Å². The predicted molar refractivity (Wildman–Crippen MR) is 131 cm³/mol. The summed E-state index contributed by atoms with van der Waals surface area (Å²) in [6.07, 6.45) is 1.04. The van der Waals surface area contributed by atoms with Gasteiger partial charge in [0.2, 0.25) is 15.9 Å². The van der Waals surface area contributed by atoms with Gasteiger partial charge in [0, 0.05) is 32.9 Å². The van der Waals surface area contributed by atoms with Crippen LogP contribution >= 0.6 is 0 Å². The smallest absolute Gasteiger partial charge is 0.243 e. The molecule has 1 fully saturated rings. The molecule has 1 saturated heterocycles. The number of halogens is 1. The molecule has 0 aliphatic carbocycles. The van der Waals surface area contributed by atoms with Crippen molar-refractivity contribution in [2.75, 3.05) is 25.5 Å². The zero-order valence-electron chi connectivity index (χ0n) is 19.2. The Morgan fingerprint density at radius 2 is 1.74 bits per heavy atom. The Morgan fingerprint density at radius 1 is 1.03 bits per heavy atom. The van der Waals surface area contributed by atoms with E-state index in [2.05, 4.69) is 29.6 Å². The van der Waals surface area contributed by atoms with E-state index in [9.17, 15) is 17.6 Å². The SMILES string of the molecule is CN(C)c1ccc(-c2cccc(CNC(=O)C3CCCN3S(=O)(=O)c3ccc(F)cc3)c2)cc1. The predicted octanol–water partition coefficient (Wildman–Crippen LogP) is 4.03. The van der Waals surface area contributed by atoms with Gasteiger partial charge in [0.1, 0.15) is 11.9 Å². The molecule has 1 amide bonds. The molecular formula is C26H28FN3O3S. The van der Waals surface area contributed by atoms with Crippen LogP contribution in [-0.4, -0.2) is 45.3 Å². The molecule has 1 unspecified atom stereocenters. The highest BCUT2D eigenvalue weighted by Crippen LogP contribution is 2.27. The lowest BCUT2D eigenvalue weighted by Gasteiger charge is -2.23. The molecule has 0 saturated carbocycles. The summed E-state index contributed by atoms with van der Waals surface area (Å²) in [6, 6.07) is 20.0. The fraction of sp³-hybridized carbons (Fsp3) is 0.269. The second kappa shape index (κ2) is 9.95. The number of benzene rings is 3. The maximum Gasteiger partial charge on any atom is 0.243 e. The number of sulfonamides is 1. The van der Waals surface area contributed by atoms with Crippen molar-refractivity contribution in [3.8, 4) is 11.1 Å². The normalized spacial score (nSPS) is 16.4. The van der Waals surface area contributed by atoms with E-state index >= 15 is 0 Å². The van der Waals surface area contributed by atoms with Crippen molar-refractivity contribution in [1.82, 2.24) is 9.62 Å². The summed E-state index contributed by atoms with van der Waals surface area (Å²) in [4.78, 5) is 15.0. The lowest BCUT2D eigenvalue weighted by Crippen LogP contribution is -2.45. The minimum absolute atomic E-state index is 0.0124. The lowest BCUT2D eigenvalue weighted by atomic mass is 10.0. The van der Waals surface area contributed by atoms with Crippen molar-refractivity contribution in [2.24, 2.45) is 0 Å². The van der Waals surface area contributed by atoms with Crippen molar-refractivity contribution in [3.63, 3.8) is 0 Å². The van der Waals surface area contributed by atoms with Crippen molar-refractivity contribution < 1.29 is 17.6 Å². The molecule has 1 heterocycles. The minimum Gasteiger partial charge on any atom is -0.378 e. The van der Waals surface area contributed by atoms with Gasteiger partial charge in [0.15, 0.2) is 0 Å². The number of hydrogen-bond donors (Lipinski definition) is 1. The number of carbonyl (C=O) groups excluding carboxylic acids is 1. The fourth-order valence-corrected chi connectivity index (χ4v) is 5.81. The van der Waals surface area contributed by atoms with Gasteiger partial charge in [-0.05, 0) is 72.0 Å². The number of amides is 1. The first-order chi connectivity index (χ1) is 16.3. The molecule has 0 radical (unpaired) electrons. The molecule has 1 N–H and O–H groups in total. The number of rotatable bonds is 7. The van der Waals surface area contributed by atoms with E-state index in [0.29, 0.717) is 19.4 Å². The van der Waals surface area contributed by atoms with E-state index in [1.165, 1.54) is 16.4 Å². The first kappa shape index (κ1) is 23.9. The van der Waals surface area contributed by atoms with Gasteiger partial charge in [0.25, 0.3) is 0 Å². The Balaban J connectivity index is 1.44. The molecule has 8 heteroatoms. The number of anilines is 1. The highest BCUT2D eigenvalue weighted by Gasteiger charge is 2.39. The number of hydrogen-bond acceptors (Lipinski definition) is 4.